The predicted molar refractivity (Wildman–Crippen MR) is 118 cm³/mol. The van der Waals surface area contributed by atoms with Crippen LogP contribution in [0.3, 0.4) is 0 Å². The summed E-state index contributed by atoms with van der Waals surface area (Å²) in [6.45, 7) is 1.44. The van der Waals surface area contributed by atoms with Crippen LogP contribution in [0.1, 0.15) is 27.9 Å². The summed E-state index contributed by atoms with van der Waals surface area (Å²) in [6, 6.07) is 8.52. The van der Waals surface area contributed by atoms with E-state index in [1.54, 1.807) is 25.6 Å². The summed E-state index contributed by atoms with van der Waals surface area (Å²) in [6.07, 6.45) is 0.901. The van der Waals surface area contributed by atoms with Gasteiger partial charge in [0.25, 0.3) is 0 Å². The van der Waals surface area contributed by atoms with Crippen molar-refractivity contribution < 1.29 is 9.47 Å². The molecule has 0 fully saturated rings. The minimum Gasteiger partial charge on any atom is -0.493 e. The molecule has 1 aromatic carbocycles. The number of nitrogens with zero attached hydrogens (tertiary/aromatic N) is 5. The second-order valence-electron chi connectivity index (χ2n) is 7.35. The lowest BCUT2D eigenvalue weighted by atomic mass is 9.91. The van der Waals surface area contributed by atoms with Crippen molar-refractivity contribution in [1.82, 2.24) is 19.9 Å². The van der Waals surface area contributed by atoms with Gasteiger partial charge in [-0.15, -0.1) is 11.3 Å². The Hall–Kier alpha value is -2.91. The first-order valence-electron chi connectivity index (χ1n) is 9.70. The average Bonchev–Trinajstić information content (AvgIpc) is 3.26. The summed E-state index contributed by atoms with van der Waals surface area (Å²) in [4.78, 5) is 18.7. The maximum absolute atomic E-state index is 5.94. The van der Waals surface area contributed by atoms with E-state index in [0.29, 0.717) is 18.3 Å². The van der Waals surface area contributed by atoms with Crippen LogP contribution in [-0.2, 0) is 13.0 Å². The first kappa shape index (κ1) is 20.4. The van der Waals surface area contributed by atoms with E-state index in [0.717, 1.165) is 24.5 Å². The van der Waals surface area contributed by atoms with E-state index < -0.39 is 0 Å². The topological polar surface area (TPSA) is 89.6 Å². The molecule has 0 aliphatic carbocycles. The maximum Gasteiger partial charge on any atom is 0.229 e. The van der Waals surface area contributed by atoms with Gasteiger partial charge in [0.1, 0.15) is 5.82 Å². The van der Waals surface area contributed by atoms with Gasteiger partial charge in [-0.2, -0.15) is 15.0 Å². The van der Waals surface area contributed by atoms with Crippen molar-refractivity contribution >= 4 is 23.2 Å². The number of rotatable bonds is 6. The zero-order valence-electron chi connectivity index (χ0n) is 17.6. The van der Waals surface area contributed by atoms with Crippen molar-refractivity contribution in [2.75, 3.05) is 45.5 Å². The molecule has 2 N–H and O–H groups in total. The summed E-state index contributed by atoms with van der Waals surface area (Å²) in [5, 5.41) is 2.10. The first-order valence-corrected chi connectivity index (χ1v) is 10.6. The number of benzene rings is 1. The Morgan fingerprint density at radius 2 is 1.93 bits per heavy atom. The number of ether oxygens (including phenoxy) is 2. The Labute approximate surface area is 180 Å². The van der Waals surface area contributed by atoms with Crippen LogP contribution in [0.5, 0.6) is 11.5 Å². The molecule has 0 spiro atoms. The smallest absolute Gasteiger partial charge is 0.229 e. The van der Waals surface area contributed by atoms with Crippen molar-refractivity contribution in [1.29, 1.82) is 0 Å². The van der Waals surface area contributed by atoms with Gasteiger partial charge in [0.2, 0.25) is 11.9 Å². The fraction of sp³-hybridized carbons (Fsp3) is 0.381. The largest absolute Gasteiger partial charge is 0.493 e. The quantitative estimate of drug-likeness (QED) is 0.644. The molecule has 3 heterocycles. The van der Waals surface area contributed by atoms with Crippen LogP contribution in [0.2, 0.25) is 0 Å². The summed E-state index contributed by atoms with van der Waals surface area (Å²) in [5.74, 6) is 2.96. The van der Waals surface area contributed by atoms with Crippen LogP contribution in [0.15, 0.2) is 29.6 Å². The van der Waals surface area contributed by atoms with Gasteiger partial charge in [0.05, 0.1) is 26.8 Å². The minimum absolute atomic E-state index is 0.0781. The molecule has 2 aromatic heterocycles. The number of anilines is 2. The van der Waals surface area contributed by atoms with Crippen molar-refractivity contribution in [3.8, 4) is 11.5 Å². The number of methoxy groups -OCH3 is 2. The van der Waals surface area contributed by atoms with Crippen LogP contribution in [-0.4, -0.2) is 54.7 Å². The lowest BCUT2D eigenvalue weighted by molar-refractivity contribution is 0.201. The van der Waals surface area contributed by atoms with Crippen LogP contribution in [0, 0.1) is 0 Å². The number of fused-ring (bicyclic) bond motifs is 1. The maximum atomic E-state index is 5.94. The van der Waals surface area contributed by atoms with Crippen molar-refractivity contribution in [3.63, 3.8) is 0 Å². The zero-order valence-corrected chi connectivity index (χ0v) is 18.4. The first-order chi connectivity index (χ1) is 14.5. The molecule has 1 unspecified atom stereocenters. The molecular formula is C21H26N6O2S. The normalized spacial score (nSPS) is 16.2. The number of hydrogen-bond acceptors (Lipinski definition) is 9. The number of thiophene rings is 1. The third kappa shape index (κ3) is 3.90. The second kappa shape index (κ2) is 8.45. The molecular weight excluding hydrogens is 400 g/mol. The number of nitrogen functional groups attached to an aromatic ring is 1. The molecule has 3 aromatic rings. The molecule has 0 saturated heterocycles. The SMILES string of the molecule is COc1cc2c(cc1OC)C(c1cccs1)N(Cc1nc(N)nc(N(C)C)n1)CC2. The molecule has 30 heavy (non-hydrogen) atoms. The van der Waals surface area contributed by atoms with Gasteiger partial charge in [0, 0.05) is 25.5 Å². The fourth-order valence-electron chi connectivity index (χ4n) is 3.83. The van der Waals surface area contributed by atoms with E-state index in [2.05, 4.69) is 49.5 Å². The van der Waals surface area contributed by atoms with Gasteiger partial charge >= 0.3 is 0 Å². The molecule has 4 rings (SSSR count). The van der Waals surface area contributed by atoms with E-state index in [-0.39, 0.29) is 12.0 Å². The Bertz CT molecular complexity index is 1020. The van der Waals surface area contributed by atoms with Gasteiger partial charge < -0.3 is 20.1 Å². The van der Waals surface area contributed by atoms with Crippen molar-refractivity contribution in [2.45, 2.75) is 19.0 Å². The van der Waals surface area contributed by atoms with Gasteiger partial charge in [-0.05, 0) is 41.1 Å². The highest BCUT2D eigenvalue weighted by atomic mass is 32.1. The van der Waals surface area contributed by atoms with E-state index in [4.69, 9.17) is 15.2 Å². The molecule has 0 bridgehead atoms. The Kier molecular flexibility index (Phi) is 5.74. The molecule has 1 aliphatic rings. The monoisotopic (exact) mass is 426 g/mol. The highest BCUT2D eigenvalue weighted by Gasteiger charge is 2.31. The molecule has 1 atom stereocenters. The molecule has 8 nitrogen and oxygen atoms in total. The Morgan fingerprint density at radius 1 is 1.17 bits per heavy atom. The summed E-state index contributed by atoms with van der Waals surface area (Å²) in [7, 11) is 7.12. The lowest BCUT2D eigenvalue weighted by Gasteiger charge is -2.37. The molecule has 0 saturated carbocycles. The van der Waals surface area contributed by atoms with E-state index >= 15 is 0 Å². The molecule has 1 aliphatic heterocycles. The van der Waals surface area contributed by atoms with E-state index in [1.807, 2.05) is 19.0 Å². The summed E-state index contributed by atoms with van der Waals surface area (Å²) in [5.41, 5.74) is 8.43. The molecule has 158 valence electrons. The standard InChI is InChI=1S/C21H26N6O2S/c1-26(2)21-24-18(23-20(22)25-21)12-27-8-7-13-10-15(28-3)16(29-4)11-14(13)19(27)17-6-5-9-30-17/h5-6,9-11,19H,7-8,12H2,1-4H3,(H2,22,23,24,25). The Balaban J connectivity index is 1.75. The van der Waals surface area contributed by atoms with Crippen LogP contribution >= 0.6 is 11.3 Å². The number of aromatic nitrogens is 3. The summed E-state index contributed by atoms with van der Waals surface area (Å²) < 4.78 is 11.1. The van der Waals surface area contributed by atoms with Crippen molar-refractivity contribution in [3.05, 3.63) is 51.5 Å². The number of nitrogens with two attached hydrogens (primary N) is 1. The van der Waals surface area contributed by atoms with Gasteiger partial charge in [-0.25, -0.2) is 0 Å². The lowest BCUT2D eigenvalue weighted by Crippen LogP contribution is -2.36. The van der Waals surface area contributed by atoms with Gasteiger partial charge in [-0.3, -0.25) is 4.90 Å². The fourth-order valence-corrected chi connectivity index (χ4v) is 4.70. The summed E-state index contributed by atoms with van der Waals surface area (Å²) >= 11 is 1.74. The third-order valence-electron chi connectivity index (χ3n) is 5.22. The molecule has 9 heteroatoms. The molecule has 0 amide bonds. The highest BCUT2D eigenvalue weighted by molar-refractivity contribution is 7.10. The minimum atomic E-state index is 0.0781. The predicted octanol–water partition coefficient (Wildman–Crippen LogP) is 2.75. The third-order valence-corrected chi connectivity index (χ3v) is 6.14. The van der Waals surface area contributed by atoms with E-state index in [1.165, 1.54) is 16.0 Å². The highest BCUT2D eigenvalue weighted by Crippen LogP contribution is 2.42. The van der Waals surface area contributed by atoms with Crippen LogP contribution in [0.25, 0.3) is 0 Å². The molecule has 0 radical (unpaired) electrons. The van der Waals surface area contributed by atoms with Crippen LogP contribution < -0.4 is 20.1 Å². The van der Waals surface area contributed by atoms with Gasteiger partial charge in [0.15, 0.2) is 11.5 Å². The Morgan fingerprint density at radius 3 is 2.60 bits per heavy atom. The number of hydrogen-bond donors (Lipinski definition) is 1. The average molecular weight is 427 g/mol. The van der Waals surface area contributed by atoms with Crippen molar-refractivity contribution in [2.24, 2.45) is 0 Å². The second-order valence-corrected chi connectivity index (χ2v) is 8.33. The zero-order chi connectivity index (χ0) is 21.3. The van der Waals surface area contributed by atoms with Crippen LogP contribution in [0.4, 0.5) is 11.9 Å². The van der Waals surface area contributed by atoms with Gasteiger partial charge in [-0.1, -0.05) is 6.07 Å². The van der Waals surface area contributed by atoms with E-state index in [9.17, 15) is 0 Å².